The van der Waals surface area contributed by atoms with Crippen LogP contribution < -0.4 is 5.32 Å². The minimum absolute atomic E-state index is 0.0171. The van der Waals surface area contributed by atoms with Crippen LogP contribution in [0.15, 0.2) is 48.5 Å². The molecule has 5 heteroatoms. The Morgan fingerprint density at radius 3 is 2.41 bits per heavy atom. The van der Waals surface area contributed by atoms with Crippen LogP contribution in [0.4, 0.5) is 0 Å². The second kappa shape index (κ2) is 11.1. The first-order chi connectivity index (χ1) is 13.8. The van der Waals surface area contributed by atoms with E-state index in [-0.39, 0.29) is 17.9 Å². The summed E-state index contributed by atoms with van der Waals surface area (Å²) in [6.45, 7) is 10.2. The van der Waals surface area contributed by atoms with Gasteiger partial charge in [0.25, 0.3) is 0 Å². The predicted molar refractivity (Wildman–Crippen MR) is 122 cm³/mol. The smallest absolute Gasteiger partial charge is 0.242 e. The Hall–Kier alpha value is -2.27. The first-order valence-electron chi connectivity index (χ1n) is 10.1. The molecule has 2 aromatic rings. The van der Waals surface area contributed by atoms with Crippen LogP contribution in [-0.4, -0.2) is 34.6 Å². The number of hydrogen-bond acceptors (Lipinski definition) is 3. The van der Waals surface area contributed by atoms with Crippen molar-refractivity contribution >= 4 is 23.6 Å². The van der Waals surface area contributed by atoms with E-state index in [1.165, 1.54) is 11.1 Å². The Morgan fingerprint density at radius 1 is 1.03 bits per heavy atom. The molecular formula is C24H32N2O2S. The third-order valence-electron chi connectivity index (χ3n) is 4.78. The van der Waals surface area contributed by atoms with Gasteiger partial charge in [0, 0.05) is 18.3 Å². The number of nitrogens with zero attached hydrogens (tertiary/aromatic N) is 1. The maximum atomic E-state index is 13.1. The normalized spacial score (nSPS) is 11.9. The van der Waals surface area contributed by atoms with Gasteiger partial charge in [-0.1, -0.05) is 54.1 Å². The standard InChI is InChI=1S/C24H32N2O2S/c1-17(2)25-24(28)20(5)26(14-21-11-8-9-18(3)13-21)23(27)16-29-15-22-12-7-6-10-19(22)4/h6-13,17,20H,14-16H2,1-5H3,(H,25,28)/t20-/m0/s1. The summed E-state index contributed by atoms with van der Waals surface area (Å²) >= 11 is 1.59. The molecule has 2 rings (SSSR count). The van der Waals surface area contributed by atoms with Crippen molar-refractivity contribution in [2.45, 2.75) is 59.0 Å². The highest BCUT2D eigenvalue weighted by Crippen LogP contribution is 2.18. The molecule has 1 atom stereocenters. The van der Waals surface area contributed by atoms with E-state index in [4.69, 9.17) is 0 Å². The van der Waals surface area contributed by atoms with E-state index in [9.17, 15) is 9.59 Å². The second-order valence-corrected chi connectivity index (χ2v) is 8.75. The van der Waals surface area contributed by atoms with Crippen LogP contribution in [0.3, 0.4) is 0 Å². The SMILES string of the molecule is Cc1cccc(CN(C(=O)CSCc2ccccc2C)[C@@H](C)C(=O)NC(C)C)c1. The topological polar surface area (TPSA) is 49.4 Å². The Balaban J connectivity index is 2.09. The lowest BCUT2D eigenvalue weighted by atomic mass is 10.1. The van der Waals surface area contributed by atoms with Crippen LogP contribution in [0.1, 0.15) is 43.0 Å². The molecule has 0 bridgehead atoms. The van der Waals surface area contributed by atoms with Crippen LogP contribution in [0.5, 0.6) is 0 Å². The fourth-order valence-corrected chi connectivity index (χ4v) is 4.08. The third-order valence-corrected chi connectivity index (χ3v) is 5.74. The van der Waals surface area contributed by atoms with Crippen molar-refractivity contribution in [2.75, 3.05) is 5.75 Å². The van der Waals surface area contributed by atoms with Gasteiger partial charge in [0.15, 0.2) is 0 Å². The number of hydrogen-bond donors (Lipinski definition) is 1. The highest BCUT2D eigenvalue weighted by Gasteiger charge is 2.26. The molecule has 0 heterocycles. The first-order valence-corrected chi connectivity index (χ1v) is 11.2. The first kappa shape index (κ1) is 23.0. The Morgan fingerprint density at radius 2 is 1.76 bits per heavy atom. The number of nitrogens with one attached hydrogen (secondary N) is 1. The number of benzene rings is 2. The lowest BCUT2D eigenvalue weighted by Crippen LogP contribution is -2.49. The van der Waals surface area contributed by atoms with Gasteiger partial charge in [0.1, 0.15) is 6.04 Å². The largest absolute Gasteiger partial charge is 0.352 e. The van der Waals surface area contributed by atoms with Crippen molar-refractivity contribution in [3.8, 4) is 0 Å². The number of rotatable bonds is 9. The Bertz CT molecular complexity index is 835. The zero-order chi connectivity index (χ0) is 21.4. The van der Waals surface area contributed by atoms with Crippen molar-refractivity contribution in [3.05, 3.63) is 70.8 Å². The minimum Gasteiger partial charge on any atom is -0.352 e. The summed E-state index contributed by atoms with van der Waals surface area (Å²) in [5.41, 5.74) is 4.64. The van der Waals surface area contributed by atoms with Gasteiger partial charge in [0.05, 0.1) is 5.75 Å². The molecule has 2 aromatic carbocycles. The zero-order valence-corrected chi connectivity index (χ0v) is 18.9. The Kier molecular flexibility index (Phi) is 8.77. The fraction of sp³-hybridized carbons (Fsp3) is 0.417. The molecule has 1 N–H and O–H groups in total. The molecule has 0 spiro atoms. The molecule has 0 saturated carbocycles. The number of aryl methyl sites for hydroxylation is 2. The minimum atomic E-state index is -0.524. The maximum Gasteiger partial charge on any atom is 0.242 e. The molecule has 156 valence electrons. The van der Waals surface area contributed by atoms with Gasteiger partial charge in [-0.2, -0.15) is 0 Å². The molecule has 0 aliphatic rings. The van der Waals surface area contributed by atoms with Crippen molar-refractivity contribution in [2.24, 2.45) is 0 Å². The predicted octanol–water partition coefficient (Wildman–Crippen LogP) is 4.48. The molecule has 4 nitrogen and oxygen atoms in total. The number of amides is 2. The van der Waals surface area contributed by atoms with Crippen LogP contribution in [-0.2, 0) is 21.9 Å². The molecule has 0 unspecified atom stereocenters. The lowest BCUT2D eigenvalue weighted by Gasteiger charge is -2.29. The van der Waals surface area contributed by atoms with E-state index in [0.29, 0.717) is 12.3 Å². The molecule has 0 aliphatic heterocycles. The van der Waals surface area contributed by atoms with Gasteiger partial charge < -0.3 is 10.2 Å². The molecular weight excluding hydrogens is 380 g/mol. The van der Waals surface area contributed by atoms with E-state index in [2.05, 4.69) is 30.4 Å². The number of thioether (sulfide) groups is 1. The summed E-state index contributed by atoms with van der Waals surface area (Å²) < 4.78 is 0. The van der Waals surface area contributed by atoms with Crippen LogP contribution >= 0.6 is 11.8 Å². The van der Waals surface area contributed by atoms with Gasteiger partial charge >= 0.3 is 0 Å². The van der Waals surface area contributed by atoms with Gasteiger partial charge in [-0.05, 0) is 51.3 Å². The summed E-state index contributed by atoms with van der Waals surface area (Å²) in [6, 6.07) is 15.8. The lowest BCUT2D eigenvalue weighted by molar-refractivity contribution is -0.138. The molecule has 0 fully saturated rings. The van der Waals surface area contributed by atoms with Gasteiger partial charge in [0.2, 0.25) is 11.8 Å². The van der Waals surface area contributed by atoms with Gasteiger partial charge in [-0.15, -0.1) is 11.8 Å². The van der Waals surface area contributed by atoms with Crippen molar-refractivity contribution < 1.29 is 9.59 Å². The number of carbonyl (C=O) groups is 2. The van der Waals surface area contributed by atoms with Gasteiger partial charge in [-0.3, -0.25) is 9.59 Å². The van der Waals surface area contributed by atoms with Crippen molar-refractivity contribution in [3.63, 3.8) is 0 Å². The molecule has 2 amide bonds. The van der Waals surface area contributed by atoms with Crippen LogP contribution in [0.2, 0.25) is 0 Å². The maximum absolute atomic E-state index is 13.1. The van der Waals surface area contributed by atoms with E-state index in [1.54, 1.807) is 23.6 Å². The average molecular weight is 413 g/mol. The average Bonchev–Trinajstić information content (AvgIpc) is 2.66. The molecule has 0 saturated heterocycles. The fourth-order valence-electron chi connectivity index (χ4n) is 3.10. The summed E-state index contributed by atoms with van der Waals surface area (Å²) in [6.07, 6.45) is 0. The van der Waals surface area contributed by atoms with Gasteiger partial charge in [-0.25, -0.2) is 0 Å². The second-order valence-electron chi connectivity index (χ2n) is 7.77. The van der Waals surface area contributed by atoms with E-state index >= 15 is 0 Å². The van der Waals surface area contributed by atoms with E-state index in [0.717, 1.165) is 16.9 Å². The van der Waals surface area contributed by atoms with Crippen LogP contribution in [0, 0.1) is 13.8 Å². The van der Waals surface area contributed by atoms with Crippen molar-refractivity contribution in [1.29, 1.82) is 0 Å². The van der Waals surface area contributed by atoms with E-state index in [1.807, 2.05) is 51.1 Å². The van der Waals surface area contributed by atoms with Crippen molar-refractivity contribution in [1.82, 2.24) is 10.2 Å². The quantitative estimate of drug-likeness (QED) is 0.661. The molecule has 0 aliphatic carbocycles. The third kappa shape index (κ3) is 7.24. The summed E-state index contributed by atoms with van der Waals surface area (Å²) in [7, 11) is 0. The summed E-state index contributed by atoms with van der Waals surface area (Å²) in [5.74, 6) is 0.990. The monoisotopic (exact) mass is 412 g/mol. The molecule has 0 aromatic heterocycles. The van der Waals surface area contributed by atoms with E-state index < -0.39 is 6.04 Å². The number of carbonyl (C=O) groups excluding carboxylic acids is 2. The highest BCUT2D eigenvalue weighted by atomic mass is 32.2. The summed E-state index contributed by atoms with van der Waals surface area (Å²) in [4.78, 5) is 27.3. The Labute approximate surface area is 179 Å². The zero-order valence-electron chi connectivity index (χ0n) is 18.1. The molecule has 29 heavy (non-hydrogen) atoms. The highest BCUT2D eigenvalue weighted by molar-refractivity contribution is 7.99. The van der Waals surface area contributed by atoms with Crippen LogP contribution in [0.25, 0.3) is 0 Å². The summed E-state index contributed by atoms with van der Waals surface area (Å²) in [5, 5.41) is 2.92. The molecule has 0 radical (unpaired) electrons.